The summed E-state index contributed by atoms with van der Waals surface area (Å²) in [5.41, 5.74) is -2.65. The quantitative estimate of drug-likeness (QED) is 0.310. The number of para-hydroxylation sites is 1. The maximum atomic E-state index is 14.0. The molecule has 0 aliphatic carbocycles. The number of anilines is 2. The Balaban J connectivity index is 1.78. The van der Waals surface area contributed by atoms with E-state index in [0.29, 0.717) is 13.1 Å². The molecule has 0 saturated carbocycles. The van der Waals surface area contributed by atoms with Crippen molar-refractivity contribution < 1.29 is 41.0 Å². The molecule has 2 aromatic heterocycles. The van der Waals surface area contributed by atoms with Gasteiger partial charge in [0.2, 0.25) is 5.95 Å². The molecule has 0 bridgehead atoms. The molecule has 1 unspecified atom stereocenters. The van der Waals surface area contributed by atoms with Crippen LogP contribution in [0.4, 0.5) is 38.0 Å². The van der Waals surface area contributed by atoms with Crippen LogP contribution in [0.5, 0.6) is 0 Å². The summed E-state index contributed by atoms with van der Waals surface area (Å²) < 4.78 is 89.3. The molecule has 39 heavy (non-hydrogen) atoms. The van der Waals surface area contributed by atoms with Crippen molar-refractivity contribution in [3.05, 3.63) is 65.0 Å². The Morgan fingerprint density at radius 1 is 1.05 bits per heavy atom. The zero-order valence-corrected chi connectivity index (χ0v) is 20.3. The monoisotopic (exact) mass is 553 g/mol. The number of alkyl halides is 6. The first-order chi connectivity index (χ1) is 18.3. The van der Waals surface area contributed by atoms with Gasteiger partial charge in [0.15, 0.2) is 5.69 Å². The van der Waals surface area contributed by atoms with Crippen LogP contribution in [0.1, 0.15) is 40.1 Å². The number of carboxylic acids is 1. The van der Waals surface area contributed by atoms with Crippen LogP contribution in [0.15, 0.2) is 42.6 Å². The number of rotatable bonds is 5. The molecule has 1 fully saturated rings. The average Bonchev–Trinajstić information content (AvgIpc) is 3.34. The number of nitrogens with zero attached hydrogens (tertiary/aromatic N) is 4. The standard InChI is InChI=1S/C25H21F6N5O3/c1-13(32-18-5-3-2-4-15(18)22(37)38)16-10-14(24(26,27)28)11-17-20(16)34-23(35-6-8-39-9-7-35)36-12-19(25(29,30)31)33-21(17)36/h2-5,10-13,32H,6-9H2,1H3,(H,37,38). The number of benzene rings is 2. The fraction of sp³-hybridized carbons (Fsp3) is 0.320. The number of carbonyl (C=O) groups is 1. The second kappa shape index (κ2) is 9.59. The Bertz CT molecular complexity index is 1560. The molecule has 0 amide bonds. The molecule has 8 nitrogen and oxygen atoms in total. The van der Waals surface area contributed by atoms with E-state index in [9.17, 15) is 36.2 Å². The highest BCUT2D eigenvalue weighted by Crippen LogP contribution is 2.39. The zero-order chi connectivity index (χ0) is 28.1. The molecule has 2 N–H and O–H groups in total. The number of aromatic carboxylic acids is 1. The minimum absolute atomic E-state index is 0.00382. The smallest absolute Gasteiger partial charge is 0.434 e. The van der Waals surface area contributed by atoms with Crippen LogP contribution >= 0.6 is 0 Å². The van der Waals surface area contributed by atoms with Crippen molar-refractivity contribution in [3.8, 4) is 0 Å². The first-order valence-corrected chi connectivity index (χ1v) is 11.8. The highest BCUT2D eigenvalue weighted by molar-refractivity contribution is 5.97. The lowest BCUT2D eigenvalue weighted by Crippen LogP contribution is -2.38. The van der Waals surface area contributed by atoms with Gasteiger partial charge in [-0.15, -0.1) is 0 Å². The zero-order valence-electron chi connectivity index (χ0n) is 20.3. The van der Waals surface area contributed by atoms with E-state index < -0.39 is 35.6 Å². The highest BCUT2D eigenvalue weighted by atomic mass is 19.4. The number of morpholine rings is 1. The SMILES string of the molecule is CC(Nc1ccccc1C(=O)O)c1cc(C(F)(F)F)cc2c1nc(N1CCOCC1)n1cc(C(F)(F)F)nc21. The predicted octanol–water partition coefficient (Wildman–Crippen LogP) is 5.63. The summed E-state index contributed by atoms with van der Waals surface area (Å²) in [5.74, 6) is -1.17. The molecule has 1 atom stereocenters. The third-order valence-electron chi connectivity index (χ3n) is 6.42. The third kappa shape index (κ3) is 5.03. The lowest BCUT2D eigenvalue weighted by molar-refractivity contribution is -0.141. The fourth-order valence-corrected chi connectivity index (χ4v) is 4.55. The molecule has 0 radical (unpaired) electrons. The van der Waals surface area contributed by atoms with E-state index in [4.69, 9.17) is 4.74 Å². The van der Waals surface area contributed by atoms with Crippen LogP contribution in [-0.4, -0.2) is 51.7 Å². The molecule has 4 aromatic rings. The Morgan fingerprint density at radius 3 is 2.38 bits per heavy atom. The number of carboxylic acid groups (broad SMARTS) is 1. The topological polar surface area (TPSA) is 92.0 Å². The van der Waals surface area contributed by atoms with Gasteiger partial charge in [-0.2, -0.15) is 26.3 Å². The Hall–Kier alpha value is -4.07. The lowest BCUT2D eigenvalue weighted by Gasteiger charge is -2.29. The molecular weight excluding hydrogens is 532 g/mol. The average molecular weight is 553 g/mol. The number of hydrogen-bond donors (Lipinski definition) is 2. The largest absolute Gasteiger partial charge is 0.478 e. The van der Waals surface area contributed by atoms with Crippen LogP contribution in [0, 0.1) is 0 Å². The summed E-state index contributed by atoms with van der Waals surface area (Å²) in [6, 6.07) is 6.53. The molecule has 2 aromatic carbocycles. The molecule has 5 rings (SSSR count). The predicted molar refractivity (Wildman–Crippen MR) is 129 cm³/mol. The molecule has 14 heteroatoms. The van der Waals surface area contributed by atoms with E-state index in [-0.39, 0.29) is 52.5 Å². The first-order valence-electron chi connectivity index (χ1n) is 11.8. The fourth-order valence-electron chi connectivity index (χ4n) is 4.55. The number of nitrogens with one attached hydrogen (secondary N) is 1. The highest BCUT2D eigenvalue weighted by Gasteiger charge is 2.37. The van der Waals surface area contributed by atoms with Gasteiger partial charge < -0.3 is 20.1 Å². The van der Waals surface area contributed by atoms with Crippen molar-refractivity contribution in [2.45, 2.75) is 25.3 Å². The van der Waals surface area contributed by atoms with Gasteiger partial charge in [-0.25, -0.2) is 14.8 Å². The summed E-state index contributed by atoms with van der Waals surface area (Å²) in [5, 5.41) is 12.2. The second-order valence-electron chi connectivity index (χ2n) is 9.00. The van der Waals surface area contributed by atoms with Gasteiger partial charge in [0.25, 0.3) is 0 Å². The molecule has 1 saturated heterocycles. The summed E-state index contributed by atoms with van der Waals surface area (Å²) in [7, 11) is 0. The normalized spacial score (nSPS) is 15.6. The van der Waals surface area contributed by atoms with Crippen molar-refractivity contribution in [1.82, 2.24) is 14.4 Å². The molecule has 3 heterocycles. The minimum atomic E-state index is -4.85. The van der Waals surface area contributed by atoms with Crippen molar-refractivity contribution in [1.29, 1.82) is 0 Å². The number of hydrogen-bond acceptors (Lipinski definition) is 6. The number of halogens is 6. The van der Waals surface area contributed by atoms with Crippen LogP contribution in [0.3, 0.4) is 0 Å². The number of ether oxygens (including phenoxy) is 1. The maximum absolute atomic E-state index is 14.0. The second-order valence-corrected chi connectivity index (χ2v) is 9.00. The molecule has 0 spiro atoms. The van der Waals surface area contributed by atoms with Gasteiger partial charge in [-0.3, -0.25) is 4.40 Å². The summed E-state index contributed by atoms with van der Waals surface area (Å²) >= 11 is 0. The van der Waals surface area contributed by atoms with E-state index in [0.717, 1.165) is 22.7 Å². The lowest BCUT2D eigenvalue weighted by atomic mass is 9.99. The van der Waals surface area contributed by atoms with E-state index in [2.05, 4.69) is 15.3 Å². The number of fused-ring (bicyclic) bond motifs is 3. The van der Waals surface area contributed by atoms with Crippen molar-refractivity contribution in [2.75, 3.05) is 36.5 Å². The van der Waals surface area contributed by atoms with Gasteiger partial charge in [0, 0.05) is 35.9 Å². The Labute approximate surface area is 216 Å². The van der Waals surface area contributed by atoms with Gasteiger partial charge in [0.05, 0.1) is 35.9 Å². The summed E-state index contributed by atoms with van der Waals surface area (Å²) in [6.07, 6.45) is -8.96. The molecule has 1 aliphatic heterocycles. The first kappa shape index (κ1) is 26.5. The van der Waals surface area contributed by atoms with Gasteiger partial charge in [-0.05, 0) is 31.2 Å². The van der Waals surface area contributed by atoms with Gasteiger partial charge in [-0.1, -0.05) is 12.1 Å². The molecule has 1 aliphatic rings. The Kier molecular flexibility index (Phi) is 6.53. The Morgan fingerprint density at radius 2 is 1.74 bits per heavy atom. The maximum Gasteiger partial charge on any atom is 0.434 e. The van der Waals surface area contributed by atoms with Crippen LogP contribution in [0.2, 0.25) is 0 Å². The van der Waals surface area contributed by atoms with E-state index >= 15 is 0 Å². The number of imidazole rings is 1. The number of aromatic nitrogens is 3. The van der Waals surface area contributed by atoms with E-state index in [1.165, 1.54) is 25.1 Å². The van der Waals surface area contributed by atoms with E-state index in [1.54, 1.807) is 11.0 Å². The van der Waals surface area contributed by atoms with Crippen LogP contribution < -0.4 is 10.2 Å². The summed E-state index contributed by atoms with van der Waals surface area (Å²) in [6.45, 7) is 2.67. The van der Waals surface area contributed by atoms with E-state index in [1.807, 2.05) is 0 Å². The minimum Gasteiger partial charge on any atom is -0.478 e. The van der Waals surface area contributed by atoms with Crippen molar-refractivity contribution in [3.63, 3.8) is 0 Å². The molecular formula is C25H21F6N5O3. The molecule has 206 valence electrons. The van der Waals surface area contributed by atoms with Crippen molar-refractivity contribution in [2.24, 2.45) is 0 Å². The van der Waals surface area contributed by atoms with Crippen LogP contribution in [0.25, 0.3) is 16.6 Å². The third-order valence-corrected chi connectivity index (χ3v) is 6.42. The van der Waals surface area contributed by atoms with Crippen molar-refractivity contribution >= 4 is 34.2 Å². The summed E-state index contributed by atoms with van der Waals surface area (Å²) in [4.78, 5) is 21.6. The van der Waals surface area contributed by atoms with Gasteiger partial charge >= 0.3 is 18.3 Å². The van der Waals surface area contributed by atoms with Gasteiger partial charge in [0.1, 0.15) is 5.65 Å². The van der Waals surface area contributed by atoms with Crippen LogP contribution in [-0.2, 0) is 17.1 Å².